The topological polar surface area (TPSA) is 90.0 Å². The van der Waals surface area contributed by atoms with E-state index < -0.39 is 5.60 Å². The number of aromatic hydroxyl groups is 1. The number of hydrogen-bond donors (Lipinski definition) is 2. The van der Waals surface area contributed by atoms with Crippen molar-refractivity contribution in [1.82, 2.24) is 19.7 Å². The van der Waals surface area contributed by atoms with Crippen LogP contribution in [-0.2, 0) is 6.42 Å². The molecule has 11 rings (SSSR count). The van der Waals surface area contributed by atoms with E-state index in [4.69, 9.17) is 4.99 Å². The number of phenolic OH excluding ortho intramolecular Hbond substituents is 1. The number of benzene rings is 4. The monoisotopic (exact) mass is 856 g/mol. The smallest absolute Gasteiger partial charge is 0.162 e. The SMILES string of the molecule is Cc1sc2c(c1C)C(c1ccc(N3CC4(CCC(O)(CN5CCC(c6ccc([C@@H]7c8ccc(O)cc8CC[C@@H]7c7ccccc7)cc6)CC5)CC4)C3)cc1)=N[C@@H](C)c1nnc(C)n1-2. The van der Waals surface area contributed by atoms with E-state index in [2.05, 4.69) is 130 Å². The van der Waals surface area contributed by atoms with Crippen molar-refractivity contribution in [2.24, 2.45) is 10.4 Å². The molecule has 8 nitrogen and oxygen atoms in total. The number of piperidine rings is 1. The summed E-state index contributed by atoms with van der Waals surface area (Å²) >= 11 is 1.80. The van der Waals surface area contributed by atoms with Crippen LogP contribution in [0, 0.1) is 26.2 Å². The number of aliphatic hydroxyl groups is 1. The third-order valence-corrected chi connectivity index (χ3v) is 17.0. The Hall–Kier alpha value is -5.09. The average molecular weight is 857 g/mol. The zero-order valence-electron chi connectivity index (χ0n) is 37.2. The molecule has 3 fully saturated rings. The van der Waals surface area contributed by atoms with Crippen LogP contribution < -0.4 is 4.90 Å². The predicted molar refractivity (Wildman–Crippen MR) is 254 cm³/mol. The molecule has 2 N–H and O–H groups in total. The fraction of sp³-hybridized carbons (Fsp3) is 0.426. The van der Waals surface area contributed by atoms with Crippen molar-refractivity contribution in [3.8, 4) is 10.8 Å². The maximum Gasteiger partial charge on any atom is 0.162 e. The van der Waals surface area contributed by atoms with E-state index in [1.165, 1.54) is 54.5 Å². The minimum Gasteiger partial charge on any atom is -0.508 e. The molecule has 0 radical (unpaired) electrons. The summed E-state index contributed by atoms with van der Waals surface area (Å²) in [6.07, 6.45) is 8.30. The summed E-state index contributed by atoms with van der Waals surface area (Å²) in [6.45, 7) is 13.6. The number of phenols is 1. The maximum absolute atomic E-state index is 11.9. The molecule has 2 aromatic heterocycles. The Morgan fingerprint density at radius 3 is 2.22 bits per heavy atom. The quantitative estimate of drug-likeness (QED) is 0.166. The van der Waals surface area contributed by atoms with E-state index in [-0.39, 0.29) is 12.0 Å². The van der Waals surface area contributed by atoms with Gasteiger partial charge in [-0.05, 0) is 162 Å². The first-order chi connectivity index (χ1) is 30.5. The summed E-state index contributed by atoms with van der Waals surface area (Å²) in [5.41, 5.74) is 12.5. The highest BCUT2D eigenvalue weighted by molar-refractivity contribution is 7.15. The summed E-state index contributed by atoms with van der Waals surface area (Å²) in [5, 5.41) is 32.3. The Morgan fingerprint density at radius 1 is 0.778 bits per heavy atom. The molecule has 6 aromatic rings. The molecular weight excluding hydrogens is 797 g/mol. The van der Waals surface area contributed by atoms with E-state index in [0.717, 1.165) is 107 Å². The third-order valence-electron chi connectivity index (χ3n) is 15.8. The van der Waals surface area contributed by atoms with Gasteiger partial charge >= 0.3 is 0 Å². The summed E-state index contributed by atoms with van der Waals surface area (Å²) in [6, 6.07) is 35.5. The van der Waals surface area contributed by atoms with Crippen LogP contribution in [0.3, 0.4) is 0 Å². The lowest BCUT2D eigenvalue weighted by molar-refractivity contribution is -0.0649. The number of thiophene rings is 1. The number of nitrogens with zero attached hydrogens (tertiary/aromatic N) is 6. The van der Waals surface area contributed by atoms with Gasteiger partial charge in [-0.2, -0.15) is 0 Å². The minimum atomic E-state index is -0.594. The highest BCUT2D eigenvalue weighted by atomic mass is 32.1. The molecule has 0 bridgehead atoms. The Bertz CT molecular complexity index is 2660. The van der Waals surface area contributed by atoms with Gasteiger partial charge in [-0.25, -0.2) is 0 Å². The van der Waals surface area contributed by atoms with Gasteiger partial charge in [-0.1, -0.05) is 72.8 Å². The molecule has 324 valence electrons. The minimum absolute atomic E-state index is 0.0883. The first kappa shape index (κ1) is 40.7. The third kappa shape index (κ3) is 7.34. The van der Waals surface area contributed by atoms with Crippen LogP contribution in [0.5, 0.6) is 5.75 Å². The van der Waals surface area contributed by atoms with Gasteiger partial charge in [0.1, 0.15) is 22.6 Å². The molecular formula is C54H60N6O2S. The van der Waals surface area contributed by atoms with Crippen molar-refractivity contribution in [1.29, 1.82) is 0 Å². The number of aryl methyl sites for hydroxylation is 3. The molecule has 0 amide bonds. The van der Waals surface area contributed by atoms with Crippen LogP contribution in [0.4, 0.5) is 5.69 Å². The largest absolute Gasteiger partial charge is 0.508 e. The molecule has 5 aliphatic rings. The standard InChI is InChI=1S/C54H60N6O2S/c1-34-36(3)63-52-48(34)50(55-35(2)51-57-56-37(4)60(51)52)42-14-17-44(18-15-42)59-31-53(32-59)24-26-54(62,27-25-53)33-58-28-22-39(23-29-58)38-10-12-41(13-11-38)49-46(40-8-6-5-7-9-40)20-16-43-30-45(61)19-21-47(43)49/h5-15,17-19,21,30,35,39,46,49,61-62H,16,20,22-29,31-33H2,1-4H3/t35-,46+,49-/m0/s1. The van der Waals surface area contributed by atoms with Crippen LogP contribution >= 0.6 is 11.3 Å². The van der Waals surface area contributed by atoms with Crippen molar-refractivity contribution in [3.63, 3.8) is 0 Å². The lowest BCUT2D eigenvalue weighted by Gasteiger charge is -2.56. The highest BCUT2D eigenvalue weighted by Crippen LogP contribution is 2.50. The fourth-order valence-corrected chi connectivity index (χ4v) is 13.3. The lowest BCUT2D eigenvalue weighted by atomic mass is 9.64. The van der Waals surface area contributed by atoms with E-state index in [1.54, 1.807) is 11.3 Å². The van der Waals surface area contributed by atoms with Crippen LogP contribution in [0.25, 0.3) is 5.00 Å². The summed E-state index contributed by atoms with van der Waals surface area (Å²) in [5.74, 6) is 3.40. The van der Waals surface area contributed by atoms with Crippen LogP contribution in [0.1, 0.15) is 137 Å². The van der Waals surface area contributed by atoms with Crippen molar-refractivity contribution in [2.45, 2.75) is 108 Å². The molecule has 1 spiro atoms. The van der Waals surface area contributed by atoms with Gasteiger partial charge < -0.3 is 20.0 Å². The Kier molecular flexibility index (Phi) is 10.2. The second-order valence-corrected chi connectivity index (χ2v) is 21.0. The number of likely N-dealkylation sites (tertiary alicyclic amines) is 1. The number of aliphatic imine (C=N–C) groups is 1. The highest BCUT2D eigenvalue weighted by Gasteiger charge is 2.49. The molecule has 3 atom stereocenters. The van der Waals surface area contributed by atoms with Gasteiger partial charge in [0, 0.05) is 52.7 Å². The number of rotatable bonds is 7. The van der Waals surface area contributed by atoms with E-state index in [1.807, 2.05) is 19.1 Å². The van der Waals surface area contributed by atoms with Crippen LogP contribution in [0.15, 0.2) is 102 Å². The summed E-state index contributed by atoms with van der Waals surface area (Å²) in [4.78, 5) is 11.6. The number of anilines is 1. The van der Waals surface area contributed by atoms with Gasteiger partial charge in [0.05, 0.1) is 11.3 Å². The molecule has 4 aromatic carbocycles. The first-order valence-corrected chi connectivity index (χ1v) is 24.2. The van der Waals surface area contributed by atoms with Crippen LogP contribution in [0.2, 0.25) is 0 Å². The van der Waals surface area contributed by atoms with Crippen molar-refractivity contribution < 1.29 is 10.2 Å². The molecule has 1 saturated carbocycles. The first-order valence-electron chi connectivity index (χ1n) is 23.4. The normalized spacial score (nSPS) is 23.0. The van der Waals surface area contributed by atoms with Crippen molar-refractivity contribution in [3.05, 3.63) is 158 Å². The number of aromatic nitrogens is 3. The molecule has 0 unspecified atom stereocenters. The number of hydrogen-bond acceptors (Lipinski definition) is 8. The second kappa shape index (κ2) is 15.9. The molecule has 5 heterocycles. The average Bonchev–Trinajstić information content (AvgIpc) is 3.78. The Balaban J connectivity index is 0.690. The molecule has 2 aliphatic carbocycles. The van der Waals surface area contributed by atoms with Gasteiger partial charge in [-0.3, -0.25) is 9.56 Å². The summed E-state index contributed by atoms with van der Waals surface area (Å²) in [7, 11) is 0. The molecule has 63 heavy (non-hydrogen) atoms. The Labute approximate surface area is 376 Å². The number of β-amino-alcohol motifs (C(OH)–C–C–N with tert-alkyl or cyclic N) is 1. The molecule has 3 aliphatic heterocycles. The number of fused-ring (bicyclic) bond motifs is 4. The zero-order valence-corrected chi connectivity index (χ0v) is 38.0. The zero-order chi connectivity index (χ0) is 43.0. The van der Waals surface area contributed by atoms with E-state index in [9.17, 15) is 10.2 Å². The molecule has 9 heteroatoms. The lowest BCUT2D eigenvalue weighted by Crippen LogP contribution is -2.60. The van der Waals surface area contributed by atoms with E-state index >= 15 is 0 Å². The van der Waals surface area contributed by atoms with E-state index in [0.29, 0.717) is 23.0 Å². The predicted octanol–water partition coefficient (Wildman–Crippen LogP) is 10.7. The van der Waals surface area contributed by atoms with Gasteiger partial charge in [-0.15, -0.1) is 21.5 Å². The van der Waals surface area contributed by atoms with Crippen molar-refractivity contribution in [2.75, 3.05) is 37.6 Å². The van der Waals surface area contributed by atoms with Gasteiger partial charge in [0.25, 0.3) is 0 Å². The molecule has 2 saturated heterocycles. The van der Waals surface area contributed by atoms with Crippen LogP contribution in [-0.4, -0.2) is 73.9 Å². The summed E-state index contributed by atoms with van der Waals surface area (Å²) < 4.78 is 2.20. The van der Waals surface area contributed by atoms with Crippen molar-refractivity contribution >= 4 is 22.7 Å². The fourth-order valence-electron chi connectivity index (χ4n) is 12.1. The Morgan fingerprint density at radius 2 is 1.49 bits per heavy atom. The van der Waals surface area contributed by atoms with Gasteiger partial charge in [0.2, 0.25) is 0 Å². The van der Waals surface area contributed by atoms with Gasteiger partial charge in [0.15, 0.2) is 5.82 Å². The maximum atomic E-state index is 11.9. The second-order valence-electron chi connectivity index (χ2n) is 19.8.